The molecule has 46 heavy (non-hydrogen) atoms. The van der Waals surface area contributed by atoms with Gasteiger partial charge in [-0.25, -0.2) is 0 Å². The highest BCUT2D eigenvalue weighted by molar-refractivity contribution is 5.58. The number of aliphatic hydroxyl groups is 1. The molecule has 2 saturated heterocycles. The van der Waals surface area contributed by atoms with Crippen LogP contribution in [0.4, 0.5) is 0 Å². The largest absolute Gasteiger partial charge is 0.496 e. The molecule has 0 spiro atoms. The minimum atomic E-state index is -1.69. The van der Waals surface area contributed by atoms with Crippen LogP contribution in [0.25, 0.3) is 0 Å². The predicted molar refractivity (Wildman–Crippen MR) is 179 cm³/mol. The van der Waals surface area contributed by atoms with Crippen LogP contribution in [0.3, 0.4) is 0 Å². The van der Waals surface area contributed by atoms with E-state index in [0.717, 1.165) is 36.0 Å². The van der Waals surface area contributed by atoms with Crippen LogP contribution >= 0.6 is 0 Å². The maximum absolute atomic E-state index is 13.4. The SMILES string of the molecule is CCC(CC)Cc1cccc(C(O)(c2cc(C3OCC(C)(C)CO3)ccc2OC)c2cc(C3OCC(C)(C)CO3)ccc2OC)c1. The number of benzene rings is 3. The third kappa shape index (κ3) is 7.29. The van der Waals surface area contributed by atoms with Crippen LogP contribution in [0.2, 0.25) is 0 Å². The highest BCUT2D eigenvalue weighted by Gasteiger charge is 2.41. The van der Waals surface area contributed by atoms with Crippen LogP contribution in [-0.2, 0) is 31.0 Å². The van der Waals surface area contributed by atoms with Crippen molar-refractivity contribution in [2.24, 2.45) is 16.7 Å². The van der Waals surface area contributed by atoms with Crippen molar-refractivity contribution in [3.8, 4) is 11.5 Å². The Morgan fingerprint density at radius 3 is 1.59 bits per heavy atom. The molecule has 2 heterocycles. The van der Waals surface area contributed by atoms with Gasteiger partial charge in [0.15, 0.2) is 12.6 Å². The first-order chi connectivity index (χ1) is 21.9. The summed E-state index contributed by atoms with van der Waals surface area (Å²) in [6.45, 7) is 15.2. The number of hydrogen-bond donors (Lipinski definition) is 1. The van der Waals surface area contributed by atoms with Gasteiger partial charge in [0, 0.05) is 33.1 Å². The third-order valence-electron chi connectivity index (χ3n) is 9.30. The molecule has 0 saturated carbocycles. The summed E-state index contributed by atoms with van der Waals surface area (Å²) in [6, 6.07) is 19.8. The van der Waals surface area contributed by atoms with Crippen molar-refractivity contribution in [3.63, 3.8) is 0 Å². The number of ether oxygens (including phenoxy) is 6. The molecule has 5 rings (SSSR count). The summed E-state index contributed by atoms with van der Waals surface area (Å²) in [6.07, 6.45) is 1.97. The zero-order valence-corrected chi connectivity index (χ0v) is 28.9. The Morgan fingerprint density at radius 2 is 1.17 bits per heavy atom. The number of hydrogen-bond acceptors (Lipinski definition) is 7. The number of rotatable bonds is 11. The van der Waals surface area contributed by atoms with Gasteiger partial charge in [0.2, 0.25) is 0 Å². The zero-order valence-electron chi connectivity index (χ0n) is 28.9. The molecule has 7 nitrogen and oxygen atoms in total. The summed E-state index contributed by atoms with van der Waals surface area (Å²) in [7, 11) is 3.25. The maximum atomic E-state index is 13.4. The lowest BCUT2D eigenvalue weighted by molar-refractivity contribution is -0.226. The minimum Gasteiger partial charge on any atom is -0.496 e. The lowest BCUT2D eigenvalue weighted by Crippen LogP contribution is -2.35. The quantitative estimate of drug-likeness (QED) is 0.214. The molecule has 2 aliphatic heterocycles. The van der Waals surface area contributed by atoms with E-state index in [0.29, 0.717) is 60.5 Å². The first kappa shape index (κ1) is 34.4. The van der Waals surface area contributed by atoms with Crippen LogP contribution in [0.15, 0.2) is 60.7 Å². The Morgan fingerprint density at radius 1 is 0.717 bits per heavy atom. The van der Waals surface area contributed by atoms with E-state index in [2.05, 4.69) is 53.7 Å². The minimum absolute atomic E-state index is 0.0753. The first-order valence-corrected chi connectivity index (χ1v) is 16.6. The molecule has 250 valence electrons. The van der Waals surface area contributed by atoms with Gasteiger partial charge in [0.1, 0.15) is 17.1 Å². The van der Waals surface area contributed by atoms with Gasteiger partial charge in [-0.05, 0) is 47.7 Å². The Kier molecular flexibility index (Phi) is 10.5. The lowest BCUT2D eigenvalue weighted by atomic mass is 9.77. The summed E-state index contributed by atoms with van der Waals surface area (Å²) in [4.78, 5) is 0. The molecular formula is C39H52O7. The molecule has 3 aromatic carbocycles. The fraction of sp³-hybridized carbons (Fsp3) is 0.538. The van der Waals surface area contributed by atoms with Crippen LogP contribution in [-0.4, -0.2) is 45.8 Å². The van der Waals surface area contributed by atoms with Crippen molar-refractivity contribution in [2.75, 3.05) is 40.6 Å². The van der Waals surface area contributed by atoms with E-state index in [1.165, 1.54) is 0 Å². The van der Waals surface area contributed by atoms with Gasteiger partial charge in [-0.2, -0.15) is 0 Å². The topological polar surface area (TPSA) is 75.6 Å². The van der Waals surface area contributed by atoms with Gasteiger partial charge in [-0.1, -0.05) is 90.8 Å². The fourth-order valence-corrected chi connectivity index (χ4v) is 6.37. The second-order valence-corrected chi connectivity index (χ2v) is 14.5. The molecule has 0 unspecified atom stereocenters. The summed E-state index contributed by atoms with van der Waals surface area (Å²) >= 11 is 0. The van der Waals surface area contributed by atoms with E-state index in [1.807, 2.05) is 48.5 Å². The standard InChI is InChI=1S/C39H52O7/c1-9-26(10-2)18-27-12-11-13-30(19-27)39(40,31-20-28(14-16-33(31)41-7)35-43-22-37(3,4)23-44-35)32-21-29(15-17-34(32)42-8)36-45-24-38(5,6)25-46-36/h11-17,19-21,26,35-36,40H,9-10,18,22-25H2,1-8H3. The molecule has 0 amide bonds. The van der Waals surface area contributed by atoms with E-state index in [4.69, 9.17) is 28.4 Å². The van der Waals surface area contributed by atoms with Crippen LogP contribution in [0, 0.1) is 16.7 Å². The fourth-order valence-electron chi connectivity index (χ4n) is 6.37. The molecule has 2 fully saturated rings. The molecule has 0 radical (unpaired) electrons. The van der Waals surface area contributed by atoms with Crippen molar-refractivity contribution >= 4 is 0 Å². The van der Waals surface area contributed by atoms with Gasteiger partial charge >= 0.3 is 0 Å². The van der Waals surface area contributed by atoms with E-state index in [9.17, 15) is 5.11 Å². The van der Waals surface area contributed by atoms with E-state index in [-0.39, 0.29) is 10.8 Å². The van der Waals surface area contributed by atoms with Gasteiger partial charge < -0.3 is 33.5 Å². The van der Waals surface area contributed by atoms with Crippen molar-refractivity contribution in [1.29, 1.82) is 0 Å². The summed E-state index contributed by atoms with van der Waals surface area (Å²) < 4.78 is 36.6. The van der Waals surface area contributed by atoms with Crippen molar-refractivity contribution in [2.45, 2.75) is 79.0 Å². The summed E-state index contributed by atoms with van der Waals surface area (Å²) in [5.41, 5.74) is 2.76. The van der Waals surface area contributed by atoms with Crippen molar-refractivity contribution in [1.82, 2.24) is 0 Å². The Balaban J connectivity index is 1.69. The molecule has 7 heteroatoms. The smallest absolute Gasteiger partial charge is 0.183 e. The van der Waals surface area contributed by atoms with Gasteiger partial charge in [-0.15, -0.1) is 0 Å². The van der Waals surface area contributed by atoms with E-state index < -0.39 is 18.2 Å². The maximum Gasteiger partial charge on any atom is 0.183 e. The zero-order chi connectivity index (χ0) is 33.1. The normalized spacial score (nSPS) is 18.9. The molecule has 0 aromatic heterocycles. The van der Waals surface area contributed by atoms with Crippen LogP contribution in [0.5, 0.6) is 11.5 Å². The van der Waals surface area contributed by atoms with Crippen LogP contribution in [0.1, 0.15) is 100 Å². The molecular weight excluding hydrogens is 580 g/mol. The second-order valence-electron chi connectivity index (χ2n) is 14.5. The molecule has 3 aromatic rings. The molecule has 2 aliphatic rings. The average Bonchev–Trinajstić information content (AvgIpc) is 3.06. The summed E-state index contributed by atoms with van der Waals surface area (Å²) in [5, 5.41) is 13.4. The first-order valence-electron chi connectivity index (χ1n) is 16.6. The predicted octanol–water partition coefficient (Wildman–Crippen LogP) is 8.11. The van der Waals surface area contributed by atoms with Gasteiger partial charge in [0.25, 0.3) is 0 Å². The highest BCUT2D eigenvalue weighted by atomic mass is 16.7. The van der Waals surface area contributed by atoms with Gasteiger partial charge in [0.05, 0.1) is 40.6 Å². The summed E-state index contributed by atoms with van der Waals surface area (Å²) in [5.74, 6) is 1.62. The lowest BCUT2D eigenvalue weighted by Gasteiger charge is -2.37. The number of methoxy groups -OCH3 is 2. The van der Waals surface area contributed by atoms with Crippen molar-refractivity contribution in [3.05, 3.63) is 94.0 Å². The second kappa shape index (κ2) is 14.0. The molecule has 0 aliphatic carbocycles. The Labute approximate surface area is 275 Å². The van der Waals surface area contributed by atoms with Crippen molar-refractivity contribution < 1.29 is 33.5 Å². The molecule has 0 bridgehead atoms. The average molecular weight is 633 g/mol. The monoisotopic (exact) mass is 632 g/mol. The van der Waals surface area contributed by atoms with E-state index in [1.54, 1.807) is 14.2 Å². The molecule has 1 N–H and O–H groups in total. The van der Waals surface area contributed by atoms with E-state index >= 15 is 0 Å². The Hall–Kier alpha value is -2.94. The van der Waals surface area contributed by atoms with Gasteiger partial charge in [-0.3, -0.25) is 0 Å². The Bertz CT molecular complexity index is 1380. The highest BCUT2D eigenvalue weighted by Crippen LogP contribution is 2.47. The molecule has 0 atom stereocenters. The third-order valence-corrected chi connectivity index (χ3v) is 9.30. The van der Waals surface area contributed by atoms with Crippen LogP contribution < -0.4 is 9.47 Å².